The highest BCUT2D eigenvalue weighted by Gasteiger charge is 2.27. The molecule has 2 rings (SSSR count). The Kier molecular flexibility index (Phi) is 5.74. The molecule has 1 aromatic carbocycles. The van der Waals surface area contributed by atoms with E-state index in [1.165, 1.54) is 6.07 Å². The van der Waals surface area contributed by atoms with Crippen molar-refractivity contribution in [1.82, 2.24) is 10.2 Å². The third-order valence-electron chi connectivity index (χ3n) is 4.13. The Labute approximate surface area is 126 Å². The number of likely N-dealkylation sites (tertiary alicyclic amines) is 1. The first kappa shape index (κ1) is 16.0. The summed E-state index contributed by atoms with van der Waals surface area (Å²) >= 11 is 0. The van der Waals surface area contributed by atoms with Gasteiger partial charge >= 0.3 is 0 Å². The van der Waals surface area contributed by atoms with E-state index in [0.717, 1.165) is 56.4 Å². The van der Waals surface area contributed by atoms with E-state index in [0.29, 0.717) is 0 Å². The van der Waals surface area contributed by atoms with Crippen LogP contribution in [0.5, 0.6) is 0 Å². The van der Waals surface area contributed by atoms with Crippen LogP contribution in [0, 0.1) is 12.7 Å². The number of carbonyl (C=O) groups excluding carboxylic acids is 1. The second kappa shape index (κ2) is 7.55. The van der Waals surface area contributed by atoms with Crippen LogP contribution in [-0.2, 0) is 11.2 Å². The average molecular weight is 292 g/mol. The van der Waals surface area contributed by atoms with Crippen LogP contribution in [0.25, 0.3) is 0 Å². The Hall–Kier alpha value is -1.42. The quantitative estimate of drug-likeness (QED) is 0.874. The van der Waals surface area contributed by atoms with Gasteiger partial charge in [0.05, 0.1) is 6.04 Å². The Bertz CT molecular complexity index is 490. The molecule has 0 saturated carbocycles. The number of piperidine rings is 1. The first-order valence-electron chi connectivity index (χ1n) is 7.89. The number of nitrogens with one attached hydrogen (secondary N) is 1. The molecular formula is C17H25FN2O. The van der Waals surface area contributed by atoms with Gasteiger partial charge in [0.1, 0.15) is 5.82 Å². The number of benzene rings is 1. The third-order valence-corrected chi connectivity index (χ3v) is 4.13. The minimum atomic E-state index is -0.200. The normalized spacial score (nSPS) is 19.1. The zero-order valence-electron chi connectivity index (χ0n) is 13.0. The van der Waals surface area contributed by atoms with Crippen LogP contribution >= 0.6 is 0 Å². The molecule has 0 aliphatic carbocycles. The van der Waals surface area contributed by atoms with E-state index < -0.39 is 0 Å². The third kappa shape index (κ3) is 4.27. The molecule has 0 radical (unpaired) electrons. The number of carbonyl (C=O) groups is 1. The second-order valence-electron chi connectivity index (χ2n) is 5.80. The van der Waals surface area contributed by atoms with E-state index in [-0.39, 0.29) is 17.8 Å². The fourth-order valence-electron chi connectivity index (χ4n) is 2.87. The number of hydrogen-bond donors (Lipinski definition) is 1. The number of halogens is 1. The van der Waals surface area contributed by atoms with Gasteiger partial charge in [0.2, 0.25) is 5.91 Å². The van der Waals surface area contributed by atoms with E-state index in [9.17, 15) is 9.18 Å². The molecule has 116 valence electrons. The summed E-state index contributed by atoms with van der Waals surface area (Å²) in [6.45, 7) is 6.47. The molecule has 4 heteroatoms. The van der Waals surface area contributed by atoms with E-state index in [1.54, 1.807) is 6.07 Å². The molecule has 1 atom stereocenters. The number of hydrogen-bond acceptors (Lipinski definition) is 2. The number of amides is 1. The molecular weight excluding hydrogens is 267 g/mol. The molecule has 1 N–H and O–H groups in total. The second-order valence-corrected chi connectivity index (χ2v) is 5.80. The van der Waals surface area contributed by atoms with Gasteiger partial charge in [-0.2, -0.15) is 0 Å². The molecule has 1 aromatic rings. The van der Waals surface area contributed by atoms with Gasteiger partial charge in [0.15, 0.2) is 0 Å². The van der Waals surface area contributed by atoms with Crippen LogP contribution in [-0.4, -0.2) is 36.5 Å². The van der Waals surface area contributed by atoms with E-state index in [2.05, 4.69) is 12.2 Å². The van der Waals surface area contributed by atoms with Crippen molar-refractivity contribution in [3.63, 3.8) is 0 Å². The standard InChI is InChI=1S/C17H25FN2O/c1-3-9-19-16-5-4-10-20(17(16)21)11-8-14-6-7-15(18)12-13(14)2/h6-7,12,16,19H,3-5,8-11H2,1-2H3. The molecule has 0 aromatic heterocycles. The summed E-state index contributed by atoms with van der Waals surface area (Å²) in [6, 6.07) is 4.85. The Morgan fingerprint density at radius 1 is 1.43 bits per heavy atom. The van der Waals surface area contributed by atoms with Crippen LogP contribution < -0.4 is 5.32 Å². The molecule has 0 bridgehead atoms. The van der Waals surface area contributed by atoms with Crippen molar-refractivity contribution in [1.29, 1.82) is 0 Å². The predicted octanol–water partition coefficient (Wildman–Crippen LogP) is 2.67. The Morgan fingerprint density at radius 2 is 2.24 bits per heavy atom. The Morgan fingerprint density at radius 3 is 2.95 bits per heavy atom. The van der Waals surface area contributed by atoms with Crippen molar-refractivity contribution in [2.45, 2.75) is 45.6 Å². The van der Waals surface area contributed by atoms with Crippen molar-refractivity contribution in [3.05, 3.63) is 35.1 Å². The molecule has 21 heavy (non-hydrogen) atoms. The molecule has 1 saturated heterocycles. The van der Waals surface area contributed by atoms with Crippen molar-refractivity contribution < 1.29 is 9.18 Å². The maximum Gasteiger partial charge on any atom is 0.239 e. The minimum absolute atomic E-state index is 0.0204. The van der Waals surface area contributed by atoms with Crippen LogP contribution in [0.1, 0.15) is 37.3 Å². The summed E-state index contributed by atoms with van der Waals surface area (Å²) in [5, 5.41) is 3.33. The van der Waals surface area contributed by atoms with Crippen LogP contribution in [0.4, 0.5) is 4.39 Å². The smallest absolute Gasteiger partial charge is 0.239 e. The topological polar surface area (TPSA) is 32.3 Å². The van der Waals surface area contributed by atoms with Crippen molar-refractivity contribution in [2.75, 3.05) is 19.6 Å². The fraction of sp³-hybridized carbons (Fsp3) is 0.588. The zero-order valence-corrected chi connectivity index (χ0v) is 13.0. The van der Waals surface area contributed by atoms with Gasteiger partial charge in [0.25, 0.3) is 0 Å². The van der Waals surface area contributed by atoms with Crippen molar-refractivity contribution in [2.24, 2.45) is 0 Å². The van der Waals surface area contributed by atoms with E-state index in [4.69, 9.17) is 0 Å². The van der Waals surface area contributed by atoms with Gasteiger partial charge in [0, 0.05) is 13.1 Å². The summed E-state index contributed by atoms with van der Waals surface area (Å²) in [6.07, 6.45) is 3.82. The lowest BCUT2D eigenvalue weighted by molar-refractivity contribution is -0.135. The van der Waals surface area contributed by atoms with Gasteiger partial charge in [-0.25, -0.2) is 4.39 Å². The summed E-state index contributed by atoms with van der Waals surface area (Å²) < 4.78 is 13.1. The number of rotatable bonds is 6. The highest BCUT2D eigenvalue weighted by atomic mass is 19.1. The van der Waals surface area contributed by atoms with Gasteiger partial charge in [-0.15, -0.1) is 0 Å². The van der Waals surface area contributed by atoms with E-state index >= 15 is 0 Å². The number of aryl methyl sites for hydroxylation is 1. The molecule has 1 amide bonds. The first-order valence-corrected chi connectivity index (χ1v) is 7.89. The van der Waals surface area contributed by atoms with Gasteiger partial charge < -0.3 is 10.2 Å². The predicted molar refractivity (Wildman–Crippen MR) is 82.7 cm³/mol. The molecule has 1 unspecified atom stereocenters. The highest BCUT2D eigenvalue weighted by molar-refractivity contribution is 5.82. The first-order chi connectivity index (χ1) is 10.1. The minimum Gasteiger partial charge on any atom is -0.341 e. The zero-order chi connectivity index (χ0) is 15.2. The monoisotopic (exact) mass is 292 g/mol. The molecule has 1 fully saturated rings. The van der Waals surface area contributed by atoms with Crippen LogP contribution in [0.15, 0.2) is 18.2 Å². The molecule has 1 aliphatic heterocycles. The molecule has 1 heterocycles. The lowest BCUT2D eigenvalue weighted by Crippen LogP contribution is -2.51. The van der Waals surface area contributed by atoms with Crippen molar-refractivity contribution >= 4 is 5.91 Å². The summed E-state index contributed by atoms with van der Waals surface area (Å²) in [5.74, 6) is 0.0172. The maximum absolute atomic E-state index is 13.1. The molecule has 0 spiro atoms. The largest absolute Gasteiger partial charge is 0.341 e. The SMILES string of the molecule is CCCNC1CCCN(CCc2ccc(F)cc2C)C1=O. The van der Waals surface area contributed by atoms with Crippen LogP contribution in [0.2, 0.25) is 0 Å². The maximum atomic E-state index is 13.1. The molecule has 1 aliphatic rings. The lowest BCUT2D eigenvalue weighted by Gasteiger charge is -2.33. The van der Waals surface area contributed by atoms with Gasteiger partial charge in [-0.1, -0.05) is 13.0 Å². The molecule has 3 nitrogen and oxygen atoms in total. The van der Waals surface area contributed by atoms with Gasteiger partial charge in [-0.3, -0.25) is 4.79 Å². The van der Waals surface area contributed by atoms with Gasteiger partial charge in [-0.05, 0) is 62.4 Å². The number of nitrogens with zero attached hydrogens (tertiary/aromatic N) is 1. The Balaban J connectivity index is 1.91. The van der Waals surface area contributed by atoms with Crippen LogP contribution in [0.3, 0.4) is 0 Å². The highest BCUT2D eigenvalue weighted by Crippen LogP contribution is 2.15. The average Bonchev–Trinajstić information content (AvgIpc) is 2.46. The summed E-state index contributed by atoms with van der Waals surface area (Å²) in [4.78, 5) is 14.3. The summed E-state index contributed by atoms with van der Waals surface area (Å²) in [5.41, 5.74) is 2.08. The van der Waals surface area contributed by atoms with E-state index in [1.807, 2.05) is 17.9 Å². The summed E-state index contributed by atoms with van der Waals surface area (Å²) in [7, 11) is 0. The fourth-order valence-corrected chi connectivity index (χ4v) is 2.87. The lowest BCUT2D eigenvalue weighted by atomic mass is 10.0. The van der Waals surface area contributed by atoms with Crippen molar-refractivity contribution in [3.8, 4) is 0 Å².